The van der Waals surface area contributed by atoms with Crippen molar-refractivity contribution < 1.29 is 9.53 Å². The molecule has 1 aliphatic rings. The first-order valence-corrected chi connectivity index (χ1v) is 7.37. The maximum absolute atomic E-state index is 12.3. The van der Waals surface area contributed by atoms with Gasteiger partial charge in [0.2, 0.25) is 0 Å². The van der Waals surface area contributed by atoms with Crippen molar-refractivity contribution >= 4 is 5.97 Å². The van der Waals surface area contributed by atoms with E-state index < -0.39 is 0 Å². The molecule has 1 unspecified atom stereocenters. The molecule has 1 atom stereocenters. The minimum absolute atomic E-state index is 0.0209. The third-order valence-electron chi connectivity index (χ3n) is 4.41. The molecular weight excluding hydrogens is 254 g/mol. The number of rotatable bonds is 4. The van der Waals surface area contributed by atoms with Gasteiger partial charge in [0.25, 0.3) is 5.56 Å². The van der Waals surface area contributed by atoms with E-state index in [4.69, 9.17) is 4.74 Å². The van der Waals surface area contributed by atoms with Gasteiger partial charge in [-0.05, 0) is 52.0 Å². The number of aryl methyl sites for hydroxylation is 1. The molecule has 20 heavy (non-hydrogen) atoms. The zero-order chi connectivity index (χ0) is 14.9. The van der Waals surface area contributed by atoms with E-state index in [1.165, 1.54) is 6.42 Å². The zero-order valence-corrected chi connectivity index (χ0v) is 12.7. The molecule has 2 rings (SSSR count). The van der Waals surface area contributed by atoms with E-state index in [0.29, 0.717) is 23.7 Å². The summed E-state index contributed by atoms with van der Waals surface area (Å²) in [5, 5.41) is 0. The summed E-state index contributed by atoms with van der Waals surface area (Å²) < 4.78 is 6.88. The van der Waals surface area contributed by atoms with Crippen molar-refractivity contribution in [1.29, 1.82) is 0 Å². The van der Waals surface area contributed by atoms with E-state index in [2.05, 4.69) is 6.92 Å². The van der Waals surface area contributed by atoms with Gasteiger partial charge in [0, 0.05) is 17.8 Å². The first-order valence-electron chi connectivity index (χ1n) is 7.37. The molecule has 1 aromatic rings. The second kappa shape index (κ2) is 5.81. The smallest absolute Gasteiger partial charge is 0.340 e. The molecule has 0 amide bonds. The number of hydrogen-bond donors (Lipinski definition) is 0. The molecule has 0 saturated heterocycles. The Bertz CT molecular complexity index is 570. The molecule has 1 fully saturated rings. The Kier molecular flexibility index (Phi) is 4.31. The molecule has 1 aromatic heterocycles. The zero-order valence-electron chi connectivity index (χ0n) is 12.7. The number of hydrogen-bond acceptors (Lipinski definition) is 3. The quantitative estimate of drug-likeness (QED) is 0.795. The van der Waals surface area contributed by atoms with Crippen LogP contribution in [-0.4, -0.2) is 17.1 Å². The Morgan fingerprint density at radius 2 is 2.10 bits per heavy atom. The van der Waals surface area contributed by atoms with E-state index in [9.17, 15) is 9.59 Å². The lowest BCUT2D eigenvalue weighted by atomic mass is 9.80. The van der Waals surface area contributed by atoms with E-state index in [1.54, 1.807) is 24.5 Å². The van der Waals surface area contributed by atoms with Gasteiger partial charge < -0.3 is 9.30 Å². The average molecular weight is 277 g/mol. The molecule has 1 heterocycles. The Morgan fingerprint density at radius 3 is 2.60 bits per heavy atom. The van der Waals surface area contributed by atoms with Crippen LogP contribution in [0.25, 0.3) is 0 Å². The minimum Gasteiger partial charge on any atom is -0.462 e. The van der Waals surface area contributed by atoms with Crippen LogP contribution in [0.1, 0.15) is 60.8 Å². The van der Waals surface area contributed by atoms with Crippen molar-refractivity contribution in [3.63, 3.8) is 0 Å². The number of ether oxygens (including phenoxy) is 1. The Hall–Kier alpha value is -1.58. The molecule has 1 aliphatic carbocycles. The minimum atomic E-state index is -0.336. The van der Waals surface area contributed by atoms with E-state index in [0.717, 1.165) is 18.5 Å². The Labute approximate surface area is 119 Å². The summed E-state index contributed by atoms with van der Waals surface area (Å²) in [4.78, 5) is 24.4. The number of carbonyl (C=O) groups excluding carboxylic acids is 1. The summed E-state index contributed by atoms with van der Waals surface area (Å²) in [7, 11) is 0. The standard InChI is InChI=1S/C16H23NO3/c1-5-20-16(19)15-10(2)9-14(18)17(12(15)4)11(3)13-7-6-8-13/h9,11,13H,5-8H2,1-4H3. The summed E-state index contributed by atoms with van der Waals surface area (Å²) in [6.45, 7) is 7.84. The van der Waals surface area contributed by atoms with Crippen LogP contribution in [0.15, 0.2) is 10.9 Å². The van der Waals surface area contributed by atoms with Crippen molar-refractivity contribution in [2.45, 2.75) is 53.0 Å². The molecule has 4 heteroatoms. The first kappa shape index (κ1) is 14.8. The van der Waals surface area contributed by atoms with Crippen LogP contribution >= 0.6 is 0 Å². The maximum Gasteiger partial charge on any atom is 0.340 e. The predicted octanol–water partition coefficient (Wildman–Crippen LogP) is 3.00. The van der Waals surface area contributed by atoms with Gasteiger partial charge >= 0.3 is 5.97 Å². The lowest BCUT2D eigenvalue weighted by Gasteiger charge is -2.34. The van der Waals surface area contributed by atoms with Gasteiger partial charge in [-0.15, -0.1) is 0 Å². The van der Waals surface area contributed by atoms with Crippen LogP contribution in [0.4, 0.5) is 0 Å². The molecular formula is C16H23NO3. The van der Waals surface area contributed by atoms with Crippen molar-refractivity contribution in [1.82, 2.24) is 4.57 Å². The SMILES string of the molecule is CCOC(=O)c1c(C)cc(=O)n(C(C)C2CCC2)c1C. The monoisotopic (exact) mass is 277 g/mol. The number of aromatic nitrogens is 1. The Balaban J connectivity index is 2.49. The van der Waals surface area contributed by atoms with Crippen LogP contribution in [0.5, 0.6) is 0 Å². The number of nitrogens with zero attached hydrogens (tertiary/aromatic N) is 1. The largest absolute Gasteiger partial charge is 0.462 e. The van der Waals surface area contributed by atoms with Crippen LogP contribution < -0.4 is 5.56 Å². The third kappa shape index (κ3) is 2.51. The first-order chi connectivity index (χ1) is 9.47. The molecule has 4 nitrogen and oxygen atoms in total. The fourth-order valence-corrected chi connectivity index (χ4v) is 3.05. The lowest BCUT2D eigenvalue weighted by Crippen LogP contribution is -2.34. The Morgan fingerprint density at radius 1 is 1.45 bits per heavy atom. The normalized spacial score (nSPS) is 16.6. The molecule has 110 valence electrons. The van der Waals surface area contributed by atoms with Gasteiger partial charge in [0.05, 0.1) is 12.2 Å². The second-order valence-corrected chi connectivity index (χ2v) is 5.65. The molecule has 0 bridgehead atoms. The topological polar surface area (TPSA) is 48.3 Å². The highest BCUT2D eigenvalue weighted by molar-refractivity contribution is 5.92. The molecule has 0 aromatic carbocycles. The summed E-state index contributed by atoms with van der Waals surface area (Å²) in [6.07, 6.45) is 3.56. The van der Waals surface area contributed by atoms with Crippen molar-refractivity contribution in [3.05, 3.63) is 33.2 Å². The predicted molar refractivity (Wildman–Crippen MR) is 78.2 cm³/mol. The lowest BCUT2D eigenvalue weighted by molar-refractivity contribution is 0.0522. The third-order valence-corrected chi connectivity index (χ3v) is 4.41. The summed E-state index contributed by atoms with van der Waals surface area (Å²) in [5.74, 6) is 0.209. The summed E-state index contributed by atoms with van der Waals surface area (Å²) in [6, 6.07) is 1.69. The van der Waals surface area contributed by atoms with Crippen molar-refractivity contribution in [2.75, 3.05) is 6.61 Å². The fraction of sp³-hybridized carbons (Fsp3) is 0.625. The highest BCUT2D eigenvalue weighted by Crippen LogP contribution is 2.36. The molecule has 0 spiro atoms. The highest BCUT2D eigenvalue weighted by Gasteiger charge is 2.28. The highest BCUT2D eigenvalue weighted by atomic mass is 16.5. The van der Waals surface area contributed by atoms with E-state index >= 15 is 0 Å². The molecule has 0 radical (unpaired) electrons. The average Bonchev–Trinajstić information content (AvgIpc) is 2.25. The van der Waals surface area contributed by atoms with Gasteiger partial charge in [-0.25, -0.2) is 4.79 Å². The van der Waals surface area contributed by atoms with Crippen LogP contribution in [0.2, 0.25) is 0 Å². The number of pyridine rings is 1. The summed E-state index contributed by atoms with van der Waals surface area (Å²) in [5.41, 5.74) is 1.95. The van der Waals surface area contributed by atoms with Gasteiger partial charge in [-0.3, -0.25) is 4.79 Å². The van der Waals surface area contributed by atoms with E-state index in [-0.39, 0.29) is 17.6 Å². The van der Waals surface area contributed by atoms with Crippen LogP contribution in [0, 0.1) is 19.8 Å². The van der Waals surface area contributed by atoms with E-state index in [1.807, 2.05) is 6.92 Å². The van der Waals surface area contributed by atoms with Gasteiger partial charge in [0.15, 0.2) is 0 Å². The van der Waals surface area contributed by atoms with Crippen LogP contribution in [0.3, 0.4) is 0 Å². The summed E-state index contributed by atoms with van der Waals surface area (Å²) >= 11 is 0. The van der Waals surface area contributed by atoms with Gasteiger partial charge in [0.1, 0.15) is 0 Å². The number of carbonyl (C=O) groups is 1. The molecule has 0 N–H and O–H groups in total. The van der Waals surface area contributed by atoms with Crippen molar-refractivity contribution in [3.8, 4) is 0 Å². The van der Waals surface area contributed by atoms with Gasteiger partial charge in [-0.1, -0.05) is 6.42 Å². The number of esters is 1. The maximum atomic E-state index is 12.3. The van der Waals surface area contributed by atoms with Gasteiger partial charge in [-0.2, -0.15) is 0 Å². The second-order valence-electron chi connectivity index (χ2n) is 5.65. The van der Waals surface area contributed by atoms with Crippen molar-refractivity contribution in [2.24, 2.45) is 5.92 Å². The molecule has 0 aliphatic heterocycles. The fourth-order valence-electron chi connectivity index (χ4n) is 3.05. The van der Waals surface area contributed by atoms with Crippen LogP contribution in [-0.2, 0) is 4.74 Å². The molecule has 1 saturated carbocycles.